The Morgan fingerprint density at radius 2 is 2.23 bits per heavy atom. The van der Waals surface area contributed by atoms with Gasteiger partial charge in [0.15, 0.2) is 5.69 Å². The zero-order chi connectivity index (χ0) is 15.7. The van der Waals surface area contributed by atoms with Gasteiger partial charge in [-0.25, -0.2) is 0 Å². The molecule has 2 heterocycles. The molecule has 1 aliphatic carbocycles. The number of amides is 1. The topological polar surface area (TPSA) is 73.0 Å². The fourth-order valence-electron chi connectivity index (χ4n) is 2.15. The first-order chi connectivity index (χ1) is 10.4. The number of nitrogens with one attached hydrogen (secondary N) is 1. The lowest BCUT2D eigenvalue weighted by Gasteiger charge is -2.07. The molecule has 0 bridgehead atoms. The van der Waals surface area contributed by atoms with E-state index in [9.17, 15) is 18.0 Å². The van der Waals surface area contributed by atoms with Crippen molar-refractivity contribution in [2.45, 2.75) is 31.5 Å². The van der Waals surface area contributed by atoms with Crippen LogP contribution < -0.4 is 5.32 Å². The molecule has 22 heavy (non-hydrogen) atoms. The summed E-state index contributed by atoms with van der Waals surface area (Å²) in [5, 5.41) is 9.57. The predicted octanol–water partition coefficient (Wildman–Crippen LogP) is 2.20. The molecule has 0 aromatic carbocycles. The number of aromatic nitrogens is 3. The van der Waals surface area contributed by atoms with E-state index in [0.717, 1.165) is 18.9 Å². The van der Waals surface area contributed by atoms with Gasteiger partial charge in [-0.05, 0) is 18.9 Å². The van der Waals surface area contributed by atoms with Crippen molar-refractivity contribution in [2.24, 2.45) is 0 Å². The van der Waals surface area contributed by atoms with E-state index in [1.165, 1.54) is 16.9 Å². The van der Waals surface area contributed by atoms with Gasteiger partial charge in [-0.15, -0.1) is 0 Å². The number of carbonyl (C=O) groups is 1. The van der Waals surface area contributed by atoms with Crippen LogP contribution in [0.1, 0.15) is 40.7 Å². The summed E-state index contributed by atoms with van der Waals surface area (Å²) in [4.78, 5) is 11.6. The summed E-state index contributed by atoms with van der Waals surface area (Å²) < 4.78 is 44.2. The highest BCUT2D eigenvalue weighted by molar-refractivity contribution is 5.91. The molecule has 0 spiro atoms. The zero-order valence-electron chi connectivity index (χ0n) is 11.4. The van der Waals surface area contributed by atoms with E-state index >= 15 is 0 Å². The molecule has 1 saturated carbocycles. The third-order valence-electron chi connectivity index (χ3n) is 3.37. The SMILES string of the molecule is O=C(NCCn1nc(C(F)(F)F)cc1C1CC1)c1ccno1. The molecule has 0 radical (unpaired) electrons. The molecule has 2 aromatic heterocycles. The number of rotatable bonds is 5. The number of alkyl halides is 3. The molecular weight excluding hydrogens is 301 g/mol. The predicted molar refractivity (Wildman–Crippen MR) is 68.0 cm³/mol. The van der Waals surface area contributed by atoms with Crippen LogP contribution in [0.5, 0.6) is 0 Å². The van der Waals surface area contributed by atoms with Gasteiger partial charge < -0.3 is 9.84 Å². The van der Waals surface area contributed by atoms with E-state index in [1.54, 1.807) is 0 Å². The summed E-state index contributed by atoms with van der Waals surface area (Å²) in [6.45, 7) is 0.319. The number of carbonyl (C=O) groups excluding carboxylic acids is 1. The second-order valence-corrected chi connectivity index (χ2v) is 5.08. The Labute approximate surface area is 123 Å². The number of hydrogen-bond donors (Lipinski definition) is 1. The minimum absolute atomic E-state index is 0.0545. The summed E-state index contributed by atoms with van der Waals surface area (Å²) >= 11 is 0. The summed E-state index contributed by atoms with van der Waals surface area (Å²) in [5.74, 6) is -0.277. The lowest BCUT2D eigenvalue weighted by Crippen LogP contribution is -2.27. The smallest absolute Gasteiger partial charge is 0.351 e. The fourth-order valence-corrected chi connectivity index (χ4v) is 2.15. The second kappa shape index (κ2) is 5.47. The van der Waals surface area contributed by atoms with Gasteiger partial charge in [0.25, 0.3) is 5.91 Å². The average Bonchev–Trinajstić information content (AvgIpc) is 2.99. The molecule has 1 N–H and O–H groups in total. The minimum atomic E-state index is -4.46. The second-order valence-electron chi connectivity index (χ2n) is 5.08. The van der Waals surface area contributed by atoms with Crippen LogP contribution in [0.4, 0.5) is 13.2 Å². The molecule has 0 saturated heterocycles. The summed E-state index contributed by atoms with van der Waals surface area (Å²) in [7, 11) is 0. The largest absolute Gasteiger partial charge is 0.435 e. The van der Waals surface area contributed by atoms with Crippen LogP contribution in [0.15, 0.2) is 22.9 Å². The molecule has 1 amide bonds. The van der Waals surface area contributed by atoms with Crippen molar-refractivity contribution in [3.63, 3.8) is 0 Å². The Morgan fingerprint density at radius 1 is 1.45 bits per heavy atom. The van der Waals surface area contributed by atoms with Gasteiger partial charge in [0, 0.05) is 24.2 Å². The van der Waals surface area contributed by atoms with Crippen molar-refractivity contribution in [3.8, 4) is 0 Å². The monoisotopic (exact) mass is 314 g/mol. The summed E-state index contributed by atoms with van der Waals surface area (Å²) in [5.41, 5.74) is -0.322. The van der Waals surface area contributed by atoms with Gasteiger partial charge in [-0.3, -0.25) is 9.48 Å². The Hall–Kier alpha value is -2.32. The first kappa shape index (κ1) is 14.6. The van der Waals surface area contributed by atoms with Crippen LogP contribution in [0.2, 0.25) is 0 Å². The normalized spacial score (nSPS) is 15.0. The maximum absolute atomic E-state index is 12.7. The molecule has 118 valence electrons. The van der Waals surface area contributed by atoms with Crippen molar-refractivity contribution < 1.29 is 22.5 Å². The standard InChI is InChI=1S/C13H13F3N4O2/c14-13(15,16)11-7-9(8-1-2-8)20(19-11)6-5-17-12(21)10-3-4-18-22-10/h3-4,7-8H,1-2,5-6H2,(H,17,21). The molecule has 0 atom stereocenters. The van der Waals surface area contributed by atoms with E-state index in [4.69, 9.17) is 0 Å². The van der Waals surface area contributed by atoms with E-state index in [1.807, 2.05) is 0 Å². The number of halogens is 3. The van der Waals surface area contributed by atoms with Gasteiger partial charge in [-0.1, -0.05) is 5.16 Å². The third-order valence-corrected chi connectivity index (χ3v) is 3.37. The van der Waals surface area contributed by atoms with E-state index in [0.29, 0.717) is 5.69 Å². The number of hydrogen-bond acceptors (Lipinski definition) is 4. The molecule has 6 nitrogen and oxygen atoms in total. The van der Waals surface area contributed by atoms with E-state index in [-0.39, 0.29) is 24.8 Å². The molecule has 0 unspecified atom stereocenters. The molecule has 2 aromatic rings. The lowest BCUT2D eigenvalue weighted by atomic mass is 10.2. The van der Waals surface area contributed by atoms with Crippen LogP contribution in [-0.4, -0.2) is 27.4 Å². The highest BCUT2D eigenvalue weighted by Gasteiger charge is 2.37. The van der Waals surface area contributed by atoms with Crippen LogP contribution in [0.3, 0.4) is 0 Å². The third kappa shape index (κ3) is 3.12. The maximum Gasteiger partial charge on any atom is 0.435 e. The molecular formula is C13H13F3N4O2. The summed E-state index contributed by atoms with van der Waals surface area (Å²) in [6.07, 6.45) is -1.39. The Morgan fingerprint density at radius 3 is 2.82 bits per heavy atom. The maximum atomic E-state index is 12.7. The Balaban J connectivity index is 1.64. The van der Waals surface area contributed by atoms with Crippen molar-refractivity contribution in [1.82, 2.24) is 20.3 Å². The Bertz CT molecular complexity index is 659. The molecule has 3 rings (SSSR count). The lowest BCUT2D eigenvalue weighted by molar-refractivity contribution is -0.141. The van der Waals surface area contributed by atoms with Gasteiger partial charge in [0.1, 0.15) is 0 Å². The van der Waals surface area contributed by atoms with Crippen LogP contribution in [-0.2, 0) is 12.7 Å². The first-order valence-electron chi connectivity index (χ1n) is 6.79. The number of nitrogens with zero attached hydrogens (tertiary/aromatic N) is 3. The van der Waals surface area contributed by atoms with Gasteiger partial charge in [-0.2, -0.15) is 18.3 Å². The molecule has 0 aliphatic heterocycles. The van der Waals surface area contributed by atoms with Crippen LogP contribution >= 0.6 is 0 Å². The highest BCUT2D eigenvalue weighted by atomic mass is 19.4. The van der Waals surface area contributed by atoms with Gasteiger partial charge in [0.2, 0.25) is 5.76 Å². The quantitative estimate of drug-likeness (QED) is 0.918. The molecule has 1 fully saturated rings. The minimum Gasteiger partial charge on any atom is -0.351 e. The van der Waals surface area contributed by atoms with E-state index < -0.39 is 17.8 Å². The van der Waals surface area contributed by atoms with Crippen LogP contribution in [0, 0.1) is 0 Å². The van der Waals surface area contributed by atoms with Crippen molar-refractivity contribution in [1.29, 1.82) is 0 Å². The molecule has 1 aliphatic rings. The van der Waals surface area contributed by atoms with Crippen molar-refractivity contribution >= 4 is 5.91 Å². The first-order valence-corrected chi connectivity index (χ1v) is 6.79. The fraction of sp³-hybridized carbons (Fsp3) is 0.462. The van der Waals surface area contributed by atoms with Gasteiger partial charge >= 0.3 is 6.18 Å². The van der Waals surface area contributed by atoms with Gasteiger partial charge in [0.05, 0.1) is 12.7 Å². The Kier molecular flexibility index (Phi) is 3.63. The zero-order valence-corrected chi connectivity index (χ0v) is 11.4. The van der Waals surface area contributed by atoms with Crippen molar-refractivity contribution in [3.05, 3.63) is 35.5 Å². The van der Waals surface area contributed by atoms with Crippen molar-refractivity contribution in [2.75, 3.05) is 6.54 Å². The summed E-state index contributed by atoms with van der Waals surface area (Å²) in [6, 6.07) is 2.50. The average molecular weight is 314 g/mol. The highest BCUT2D eigenvalue weighted by Crippen LogP contribution is 2.42. The van der Waals surface area contributed by atoms with E-state index in [2.05, 4.69) is 20.1 Å². The molecule has 9 heteroatoms. The van der Waals surface area contributed by atoms with Crippen LogP contribution in [0.25, 0.3) is 0 Å².